The first-order valence-corrected chi connectivity index (χ1v) is 9.57. The number of aromatic nitrogens is 3. The van der Waals surface area contributed by atoms with Crippen LogP contribution in [0.15, 0.2) is 48.7 Å². The topological polar surface area (TPSA) is 106 Å². The zero-order chi connectivity index (χ0) is 19.3. The maximum Gasteiger partial charge on any atom is 0.264 e. The van der Waals surface area contributed by atoms with Gasteiger partial charge in [0.15, 0.2) is 11.6 Å². The van der Waals surface area contributed by atoms with Crippen molar-refractivity contribution in [1.82, 2.24) is 15.2 Å². The second-order valence-electron chi connectivity index (χ2n) is 6.26. The SMILES string of the molecule is O=C(COc1cccc(NC(=O)C2CC2)c1)Nc1nnc(-c2ccccn2)s1. The largest absolute Gasteiger partial charge is 0.484 e. The van der Waals surface area contributed by atoms with Crippen molar-refractivity contribution in [3.63, 3.8) is 0 Å². The molecule has 1 saturated carbocycles. The summed E-state index contributed by atoms with van der Waals surface area (Å²) in [6.07, 6.45) is 3.55. The van der Waals surface area contributed by atoms with E-state index in [1.54, 1.807) is 30.5 Å². The number of pyridine rings is 1. The summed E-state index contributed by atoms with van der Waals surface area (Å²) in [6.45, 7) is -0.182. The molecule has 2 aromatic heterocycles. The Labute approximate surface area is 165 Å². The minimum Gasteiger partial charge on any atom is -0.484 e. The molecule has 2 heterocycles. The van der Waals surface area contributed by atoms with Gasteiger partial charge in [-0.1, -0.05) is 23.5 Å². The summed E-state index contributed by atoms with van der Waals surface area (Å²) in [4.78, 5) is 28.1. The number of amides is 2. The average Bonchev–Trinajstić information content (AvgIpc) is 3.47. The molecule has 28 heavy (non-hydrogen) atoms. The molecule has 4 rings (SSSR count). The third-order valence-corrected chi connectivity index (χ3v) is 4.84. The zero-order valence-corrected chi connectivity index (χ0v) is 15.6. The van der Waals surface area contributed by atoms with Gasteiger partial charge in [-0.3, -0.25) is 19.9 Å². The van der Waals surface area contributed by atoms with E-state index >= 15 is 0 Å². The van der Waals surface area contributed by atoms with Crippen LogP contribution in [-0.2, 0) is 9.59 Å². The van der Waals surface area contributed by atoms with E-state index in [9.17, 15) is 9.59 Å². The number of hydrogen-bond acceptors (Lipinski definition) is 7. The van der Waals surface area contributed by atoms with Gasteiger partial charge in [0.1, 0.15) is 11.4 Å². The fourth-order valence-electron chi connectivity index (χ4n) is 2.42. The van der Waals surface area contributed by atoms with Crippen molar-refractivity contribution in [2.24, 2.45) is 5.92 Å². The third-order valence-electron chi connectivity index (χ3n) is 3.98. The van der Waals surface area contributed by atoms with Crippen LogP contribution in [0.25, 0.3) is 10.7 Å². The molecule has 2 amide bonds. The third kappa shape index (κ3) is 4.68. The molecule has 9 heteroatoms. The van der Waals surface area contributed by atoms with E-state index in [2.05, 4.69) is 25.8 Å². The Morgan fingerprint density at radius 1 is 1.11 bits per heavy atom. The van der Waals surface area contributed by atoms with E-state index in [-0.39, 0.29) is 24.3 Å². The maximum absolute atomic E-state index is 12.1. The lowest BCUT2D eigenvalue weighted by Crippen LogP contribution is -2.20. The molecule has 8 nitrogen and oxygen atoms in total. The van der Waals surface area contributed by atoms with Gasteiger partial charge in [-0.05, 0) is 37.1 Å². The van der Waals surface area contributed by atoms with Crippen molar-refractivity contribution >= 4 is 34.0 Å². The average molecular weight is 395 g/mol. The highest BCUT2D eigenvalue weighted by molar-refractivity contribution is 7.18. The van der Waals surface area contributed by atoms with Crippen LogP contribution in [0.3, 0.4) is 0 Å². The van der Waals surface area contributed by atoms with Crippen LogP contribution in [0, 0.1) is 5.92 Å². The lowest BCUT2D eigenvalue weighted by Gasteiger charge is -2.08. The summed E-state index contributed by atoms with van der Waals surface area (Å²) in [7, 11) is 0. The highest BCUT2D eigenvalue weighted by Crippen LogP contribution is 2.30. The molecule has 142 valence electrons. The van der Waals surface area contributed by atoms with E-state index in [1.807, 2.05) is 18.2 Å². The molecule has 0 unspecified atom stereocenters. The second kappa shape index (κ2) is 8.13. The van der Waals surface area contributed by atoms with E-state index in [1.165, 1.54) is 11.3 Å². The predicted octanol–water partition coefficient (Wildman–Crippen LogP) is 2.97. The quantitative estimate of drug-likeness (QED) is 0.637. The summed E-state index contributed by atoms with van der Waals surface area (Å²) >= 11 is 1.23. The van der Waals surface area contributed by atoms with Crippen LogP contribution < -0.4 is 15.4 Å². The molecule has 3 aromatic rings. The monoisotopic (exact) mass is 395 g/mol. The van der Waals surface area contributed by atoms with Gasteiger partial charge >= 0.3 is 0 Å². The molecular weight excluding hydrogens is 378 g/mol. The van der Waals surface area contributed by atoms with Crippen molar-refractivity contribution < 1.29 is 14.3 Å². The molecule has 1 aliphatic carbocycles. The molecular formula is C19H17N5O3S. The first-order valence-electron chi connectivity index (χ1n) is 8.76. The van der Waals surface area contributed by atoms with E-state index in [0.717, 1.165) is 12.8 Å². The normalized spacial score (nSPS) is 13.0. The van der Waals surface area contributed by atoms with E-state index in [4.69, 9.17) is 4.74 Å². The van der Waals surface area contributed by atoms with Crippen molar-refractivity contribution in [2.75, 3.05) is 17.2 Å². The van der Waals surface area contributed by atoms with E-state index in [0.29, 0.717) is 27.3 Å². The maximum atomic E-state index is 12.1. The fraction of sp³-hybridized carbons (Fsp3) is 0.211. The molecule has 0 saturated heterocycles. The van der Waals surface area contributed by atoms with E-state index < -0.39 is 0 Å². The van der Waals surface area contributed by atoms with Crippen LogP contribution in [0.4, 0.5) is 10.8 Å². The van der Waals surface area contributed by atoms with Crippen molar-refractivity contribution in [2.45, 2.75) is 12.8 Å². The van der Waals surface area contributed by atoms with Crippen LogP contribution >= 0.6 is 11.3 Å². The molecule has 0 bridgehead atoms. The van der Waals surface area contributed by atoms with Crippen LogP contribution in [-0.4, -0.2) is 33.6 Å². The standard InChI is InChI=1S/C19H17N5O3S/c25-16(22-19-24-23-18(28-19)15-6-1-2-9-20-15)11-27-14-5-3-4-13(10-14)21-17(26)12-7-8-12/h1-6,9-10,12H,7-8,11H2,(H,21,26)(H,22,24,25). The number of nitrogens with one attached hydrogen (secondary N) is 2. The van der Waals surface area contributed by atoms with Gasteiger partial charge in [-0.15, -0.1) is 10.2 Å². The Morgan fingerprint density at radius 2 is 2.00 bits per heavy atom. The van der Waals surface area contributed by atoms with Gasteiger partial charge in [-0.25, -0.2) is 0 Å². The number of carbonyl (C=O) groups excluding carboxylic acids is 2. The number of benzene rings is 1. The Balaban J connectivity index is 1.30. The number of ether oxygens (including phenoxy) is 1. The number of nitrogens with zero attached hydrogens (tertiary/aromatic N) is 3. The number of rotatable bonds is 7. The van der Waals surface area contributed by atoms with Crippen LogP contribution in [0.1, 0.15) is 12.8 Å². The van der Waals surface area contributed by atoms with Crippen LogP contribution in [0.2, 0.25) is 0 Å². The first kappa shape index (κ1) is 18.1. The Kier molecular flexibility index (Phi) is 5.24. The smallest absolute Gasteiger partial charge is 0.264 e. The summed E-state index contributed by atoms with van der Waals surface area (Å²) in [5.41, 5.74) is 1.35. The number of carbonyl (C=O) groups is 2. The van der Waals surface area contributed by atoms with Gasteiger partial charge < -0.3 is 10.1 Å². The number of anilines is 2. The highest BCUT2D eigenvalue weighted by atomic mass is 32.1. The zero-order valence-electron chi connectivity index (χ0n) is 14.8. The number of hydrogen-bond donors (Lipinski definition) is 2. The Hall–Kier alpha value is -3.33. The van der Waals surface area contributed by atoms with Crippen molar-refractivity contribution in [3.05, 3.63) is 48.7 Å². The Morgan fingerprint density at radius 3 is 2.79 bits per heavy atom. The highest BCUT2D eigenvalue weighted by Gasteiger charge is 2.29. The lowest BCUT2D eigenvalue weighted by molar-refractivity contribution is -0.118. The summed E-state index contributed by atoms with van der Waals surface area (Å²) in [5, 5.41) is 14.5. The molecule has 1 aromatic carbocycles. The van der Waals surface area contributed by atoms with Gasteiger partial charge in [0, 0.05) is 23.9 Å². The van der Waals surface area contributed by atoms with Crippen molar-refractivity contribution in [3.8, 4) is 16.5 Å². The van der Waals surface area contributed by atoms with Crippen LogP contribution in [0.5, 0.6) is 5.75 Å². The molecule has 1 fully saturated rings. The van der Waals surface area contributed by atoms with Crippen molar-refractivity contribution in [1.29, 1.82) is 0 Å². The first-order chi connectivity index (χ1) is 13.7. The summed E-state index contributed by atoms with van der Waals surface area (Å²) in [6, 6.07) is 12.5. The summed E-state index contributed by atoms with van der Waals surface area (Å²) < 4.78 is 5.51. The minimum atomic E-state index is -0.351. The summed E-state index contributed by atoms with van der Waals surface area (Å²) in [5.74, 6) is 0.291. The minimum absolute atomic E-state index is 0.0230. The van der Waals surface area contributed by atoms with Gasteiger partial charge in [-0.2, -0.15) is 0 Å². The van der Waals surface area contributed by atoms with Gasteiger partial charge in [0.05, 0.1) is 0 Å². The molecule has 0 aliphatic heterocycles. The second-order valence-corrected chi connectivity index (χ2v) is 7.23. The predicted molar refractivity (Wildman–Crippen MR) is 105 cm³/mol. The lowest BCUT2D eigenvalue weighted by atomic mass is 10.3. The molecule has 1 aliphatic rings. The van der Waals surface area contributed by atoms with Gasteiger partial charge in [0.25, 0.3) is 5.91 Å². The fourth-order valence-corrected chi connectivity index (χ4v) is 3.16. The Bertz CT molecular complexity index is 988. The molecule has 2 N–H and O–H groups in total. The van der Waals surface area contributed by atoms with Gasteiger partial charge in [0.2, 0.25) is 11.0 Å². The molecule has 0 atom stereocenters. The molecule has 0 spiro atoms. The molecule has 0 radical (unpaired) electrons.